The van der Waals surface area contributed by atoms with Crippen molar-refractivity contribution in [1.29, 1.82) is 0 Å². The maximum atomic E-state index is 12.8. The first kappa shape index (κ1) is 27.9. The fourth-order valence-corrected chi connectivity index (χ4v) is 3.80. The van der Waals surface area contributed by atoms with Crippen molar-refractivity contribution in [3.63, 3.8) is 0 Å². The van der Waals surface area contributed by atoms with Crippen LogP contribution >= 0.6 is 11.6 Å². The molecule has 2 aromatic rings. The second-order valence-corrected chi connectivity index (χ2v) is 9.04. The van der Waals surface area contributed by atoms with Crippen molar-refractivity contribution in [3.05, 3.63) is 58.6 Å². The lowest BCUT2D eigenvalue weighted by Gasteiger charge is -2.27. The molecule has 1 atom stereocenters. The van der Waals surface area contributed by atoms with E-state index >= 15 is 0 Å². The molecule has 198 valence electrons. The Morgan fingerprint density at radius 3 is 2.57 bits per heavy atom. The van der Waals surface area contributed by atoms with Crippen LogP contribution in [0.25, 0.3) is 0 Å². The average molecular weight is 531 g/mol. The van der Waals surface area contributed by atoms with E-state index in [0.717, 1.165) is 0 Å². The average Bonchev–Trinajstić information content (AvgIpc) is 2.90. The molecule has 2 aromatic carbocycles. The Morgan fingerprint density at radius 2 is 1.89 bits per heavy atom. The summed E-state index contributed by atoms with van der Waals surface area (Å²) in [6, 6.07) is 10.8. The SMILES string of the molecule is COc1cccc(C=NNC(=O)C(NC(=O)c2cccc(Cl)c2)C(C)C)c1OCC(=O)N1CCOCC1. The van der Waals surface area contributed by atoms with E-state index in [4.69, 9.17) is 25.8 Å². The fourth-order valence-electron chi connectivity index (χ4n) is 3.61. The van der Waals surface area contributed by atoms with Gasteiger partial charge in [0.05, 0.1) is 26.5 Å². The van der Waals surface area contributed by atoms with Crippen molar-refractivity contribution >= 4 is 35.5 Å². The monoisotopic (exact) mass is 530 g/mol. The predicted octanol–water partition coefficient (Wildman–Crippen LogP) is 2.49. The number of rotatable bonds is 10. The smallest absolute Gasteiger partial charge is 0.262 e. The van der Waals surface area contributed by atoms with Gasteiger partial charge in [-0.05, 0) is 36.2 Å². The summed E-state index contributed by atoms with van der Waals surface area (Å²) in [7, 11) is 1.49. The van der Waals surface area contributed by atoms with Crippen LogP contribution in [-0.2, 0) is 14.3 Å². The molecule has 10 nitrogen and oxygen atoms in total. The first-order chi connectivity index (χ1) is 17.8. The molecule has 37 heavy (non-hydrogen) atoms. The van der Waals surface area contributed by atoms with Crippen LogP contribution in [0.2, 0.25) is 5.02 Å². The van der Waals surface area contributed by atoms with Crippen LogP contribution in [0.4, 0.5) is 0 Å². The van der Waals surface area contributed by atoms with Gasteiger partial charge in [-0.15, -0.1) is 0 Å². The van der Waals surface area contributed by atoms with Gasteiger partial charge < -0.3 is 24.4 Å². The van der Waals surface area contributed by atoms with E-state index in [1.54, 1.807) is 41.3 Å². The molecule has 11 heteroatoms. The molecule has 0 bridgehead atoms. The van der Waals surface area contributed by atoms with Crippen molar-refractivity contribution in [2.24, 2.45) is 11.0 Å². The first-order valence-electron chi connectivity index (χ1n) is 11.8. The summed E-state index contributed by atoms with van der Waals surface area (Å²) in [6.45, 7) is 5.46. The molecular weight excluding hydrogens is 500 g/mol. The van der Waals surface area contributed by atoms with E-state index < -0.39 is 17.9 Å². The summed E-state index contributed by atoms with van der Waals surface area (Å²) in [4.78, 5) is 39.6. The minimum absolute atomic E-state index is 0.166. The summed E-state index contributed by atoms with van der Waals surface area (Å²) in [5.74, 6) is -0.553. The van der Waals surface area contributed by atoms with Crippen LogP contribution in [0.5, 0.6) is 11.5 Å². The van der Waals surface area contributed by atoms with Crippen molar-refractivity contribution in [3.8, 4) is 11.5 Å². The van der Waals surface area contributed by atoms with Gasteiger partial charge in [0.15, 0.2) is 18.1 Å². The van der Waals surface area contributed by atoms with Crippen LogP contribution in [0.3, 0.4) is 0 Å². The maximum Gasteiger partial charge on any atom is 0.262 e. The zero-order valence-corrected chi connectivity index (χ0v) is 21.8. The maximum absolute atomic E-state index is 12.8. The fraction of sp³-hybridized carbons (Fsp3) is 0.385. The van der Waals surface area contributed by atoms with Crippen LogP contribution in [-0.4, -0.2) is 74.9 Å². The summed E-state index contributed by atoms with van der Waals surface area (Å²) in [6.07, 6.45) is 1.39. The number of hydrogen-bond donors (Lipinski definition) is 2. The third-order valence-corrected chi connectivity index (χ3v) is 5.87. The third kappa shape index (κ3) is 7.93. The molecule has 1 aliphatic heterocycles. The van der Waals surface area contributed by atoms with Crippen molar-refractivity contribution < 1.29 is 28.6 Å². The Bertz CT molecular complexity index is 1130. The number of halogens is 1. The van der Waals surface area contributed by atoms with E-state index in [1.807, 2.05) is 13.8 Å². The van der Waals surface area contributed by atoms with Crippen LogP contribution < -0.4 is 20.2 Å². The molecular formula is C26H31ClN4O6. The van der Waals surface area contributed by atoms with Gasteiger partial charge in [-0.3, -0.25) is 14.4 Å². The van der Waals surface area contributed by atoms with Crippen molar-refractivity contribution in [2.75, 3.05) is 40.0 Å². The highest BCUT2D eigenvalue weighted by atomic mass is 35.5. The van der Waals surface area contributed by atoms with Gasteiger partial charge in [0.1, 0.15) is 6.04 Å². The Labute approximate surface area is 220 Å². The molecule has 0 aliphatic carbocycles. The summed E-state index contributed by atoms with van der Waals surface area (Å²) in [5.41, 5.74) is 3.31. The summed E-state index contributed by atoms with van der Waals surface area (Å²) >= 11 is 5.97. The lowest BCUT2D eigenvalue weighted by Crippen LogP contribution is -2.48. The van der Waals surface area contributed by atoms with Gasteiger partial charge in [0, 0.05) is 29.2 Å². The lowest BCUT2D eigenvalue weighted by molar-refractivity contribution is -0.137. The molecule has 0 spiro atoms. The molecule has 3 rings (SSSR count). The van der Waals surface area contributed by atoms with Gasteiger partial charge in [-0.2, -0.15) is 5.10 Å². The zero-order valence-electron chi connectivity index (χ0n) is 21.0. The van der Waals surface area contributed by atoms with Crippen molar-refractivity contribution in [1.82, 2.24) is 15.6 Å². The van der Waals surface area contributed by atoms with E-state index in [2.05, 4.69) is 15.8 Å². The van der Waals surface area contributed by atoms with Gasteiger partial charge in [0.2, 0.25) is 0 Å². The van der Waals surface area contributed by atoms with Gasteiger partial charge in [-0.25, -0.2) is 5.43 Å². The minimum atomic E-state index is -0.837. The molecule has 0 radical (unpaired) electrons. The Hall–Kier alpha value is -3.63. The standard InChI is InChI=1S/C26H31ClN4O6/c1-17(2)23(29-25(33)18-6-4-8-20(27)14-18)26(34)30-28-15-19-7-5-9-21(35-3)24(19)37-16-22(32)31-10-12-36-13-11-31/h4-9,14-15,17,23H,10-13,16H2,1-3H3,(H,29,33)(H,30,34). The van der Waals surface area contributed by atoms with Crippen LogP contribution in [0.1, 0.15) is 29.8 Å². The molecule has 1 saturated heterocycles. The number of morpholine rings is 1. The molecule has 0 saturated carbocycles. The Balaban J connectivity index is 1.66. The largest absolute Gasteiger partial charge is 0.493 e. The summed E-state index contributed by atoms with van der Waals surface area (Å²) in [5, 5.41) is 7.19. The number of carbonyl (C=O) groups excluding carboxylic acids is 3. The number of amides is 3. The number of methoxy groups -OCH3 is 1. The number of benzene rings is 2. The molecule has 0 aromatic heterocycles. The van der Waals surface area contributed by atoms with Gasteiger partial charge >= 0.3 is 0 Å². The third-order valence-electron chi connectivity index (χ3n) is 5.63. The minimum Gasteiger partial charge on any atom is -0.493 e. The molecule has 2 N–H and O–H groups in total. The van der Waals surface area contributed by atoms with E-state index in [0.29, 0.717) is 54.0 Å². The number of hydrazone groups is 1. The topological polar surface area (TPSA) is 119 Å². The number of nitrogens with one attached hydrogen (secondary N) is 2. The highest BCUT2D eigenvalue weighted by Gasteiger charge is 2.25. The van der Waals surface area contributed by atoms with Gasteiger partial charge in [0.25, 0.3) is 17.7 Å². The number of nitrogens with zero attached hydrogens (tertiary/aromatic N) is 2. The van der Waals surface area contributed by atoms with E-state index in [1.165, 1.54) is 19.4 Å². The number of carbonyl (C=O) groups is 3. The van der Waals surface area contributed by atoms with Gasteiger partial charge in [-0.1, -0.05) is 37.6 Å². The molecule has 1 fully saturated rings. The highest BCUT2D eigenvalue weighted by molar-refractivity contribution is 6.31. The predicted molar refractivity (Wildman–Crippen MR) is 139 cm³/mol. The first-order valence-corrected chi connectivity index (χ1v) is 12.2. The molecule has 1 unspecified atom stereocenters. The summed E-state index contributed by atoms with van der Waals surface area (Å²) < 4.78 is 16.5. The molecule has 3 amide bonds. The lowest BCUT2D eigenvalue weighted by atomic mass is 10.0. The Morgan fingerprint density at radius 1 is 1.16 bits per heavy atom. The second kappa shape index (κ2) is 13.6. The van der Waals surface area contributed by atoms with Crippen LogP contribution in [0.15, 0.2) is 47.6 Å². The van der Waals surface area contributed by atoms with Crippen LogP contribution in [0, 0.1) is 5.92 Å². The quantitative estimate of drug-likeness (QED) is 0.360. The Kier molecular flexibility index (Phi) is 10.3. The number of para-hydroxylation sites is 1. The molecule has 1 heterocycles. The highest BCUT2D eigenvalue weighted by Crippen LogP contribution is 2.30. The van der Waals surface area contributed by atoms with Crippen molar-refractivity contribution in [2.45, 2.75) is 19.9 Å². The van der Waals surface area contributed by atoms with E-state index in [9.17, 15) is 14.4 Å². The second-order valence-electron chi connectivity index (χ2n) is 8.60. The number of ether oxygens (including phenoxy) is 3. The normalized spacial score (nSPS) is 14.4. The molecule has 1 aliphatic rings. The zero-order chi connectivity index (χ0) is 26.8. The van der Waals surface area contributed by atoms with E-state index in [-0.39, 0.29) is 18.4 Å². The number of hydrogen-bond acceptors (Lipinski definition) is 7.